The molecule has 2 saturated carbocycles. The molecule has 2 aliphatic carbocycles. The van der Waals surface area contributed by atoms with E-state index in [0.29, 0.717) is 0 Å². The Morgan fingerprint density at radius 3 is 2.38 bits per heavy atom. The molecule has 0 spiro atoms. The van der Waals surface area contributed by atoms with Gasteiger partial charge in [0.1, 0.15) is 0 Å². The van der Waals surface area contributed by atoms with Crippen LogP contribution in [0.4, 0.5) is 0 Å². The summed E-state index contributed by atoms with van der Waals surface area (Å²) in [5.74, 6) is 0.313. The zero-order valence-electron chi connectivity index (χ0n) is 8.26. The zero-order valence-corrected chi connectivity index (χ0v) is 8.26. The zero-order chi connectivity index (χ0) is 9.69. The van der Waals surface area contributed by atoms with E-state index in [-0.39, 0.29) is 29.4 Å². The first-order chi connectivity index (χ1) is 5.99. The Morgan fingerprint density at radius 2 is 2.08 bits per heavy atom. The van der Waals surface area contributed by atoms with Gasteiger partial charge in [0, 0.05) is 5.92 Å². The van der Waals surface area contributed by atoms with Crippen LogP contribution in [0, 0.1) is 11.3 Å². The normalized spacial score (nSPS) is 32.4. The van der Waals surface area contributed by atoms with Gasteiger partial charge in [-0.25, -0.2) is 0 Å². The van der Waals surface area contributed by atoms with Gasteiger partial charge in [0.05, 0.1) is 12.1 Å². The summed E-state index contributed by atoms with van der Waals surface area (Å²) in [5.41, 5.74) is -0.0502. The molecule has 1 amide bonds. The Bertz CT molecular complexity index is 243. The van der Waals surface area contributed by atoms with Gasteiger partial charge >= 0.3 is 0 Å². The second-order valence-corrected chi connectivity index (χ2v) is 5.17. The average Bonchev–Trinajstić information content (AvgIpc) is 2.90. The van der Waals surface area contributed by atoms with Crippen molar-refractivity contribution < 1.29 is 9.90 Å². The van der Waals surface area contributed by atoms with Gasteiger partial charge in [-0.1, -0.05) is 13.8 Å². The largest absolute Gasteiger partial charge is 0.394 e. The fourth-order valence-electron chi connectivity index (χ4n) is 1.74. The monoisotopic (exact) mass is 183 g/mol. The topological polar surface area (TPSA) is 49.3 Å². The number of aliphatic hydroxyl groups is 1. The summed E-state index contributed by atoms with van der Waals surface area (Å²) >= 11 is 0. The van der Waals surface area contributed by atoms with E-state index in [1.807, 2.05) is 0 Å². The van der Waals surface area contributed by atoms with Gasteiger partial charge in [0.15, 0.2) is 0 Å². The molecule has 0 aromatic heterocycles. The number of carbonyl (C=O) groups excluding carboxylic acids is 1. The van der Waals surface area contributed by atoms with Crippen molar-refractivity contribution in [1.29, 1.82) is 0 Å². The van der Waals surface area contributed by atoms with E-state index in [0.717, 1.165) is 19.3 Å². The molecule has 2 N–H and O–H groups in total. The van der Waals surface area contributed by atoms with E-state index in [4.69, 9.17) is 5.11 Å². The van der Waals surface area contributed by atoms with Crippen LogP contribution in [0.1, 0.15) is 33.1 Å². The fourth-order valence-corrected chi connectivity index (χ4v) is 1.74. The SMILES string of the molecule is CC1(C)CC1C(=O)NC1(CO)CC1. The Hall–Kier alpha value is -0.570. The second kappa shape index (κ2) is 2.47. The summed E-state index contributed by atoms with van der Waals surface area (Å²) in [4.78, 5) is 11.6. The molecule has 0 aromatic rings. The summed E-state index contributed by atoms with van der Waals surface area (Å²) in [7, 11) is 0. The number of hydrogen-bond donors (Lipinski definition) is 2. The lowest BCUT2D eigenvalue weighted by Gasteiger charge is -2.14. The highest BCUT2D eigenvalue weighted by molar-refractivity contribution is 5.83. The van der Waals surface area contributed by atoms with E-state index in [1.165, 1.54) is 0 Å². The van der Waals surface area contributed by atoms with Gasteiger partial charge in [-0.3, -0.25) is 4.79 Å². The third-order valence-electron chi connectivity index (χ3n) is 3.37. The van der Waals surface area contributed by atoms with Crippen LogP contribution in [0.2, 0.25) is 0 Å². The molecular weight excluding hydrogens is 166 g/mol. The predicted molar refractivity (Wildman–Crippen MR) is 49.1 cm³/mol. The van der Waals surface area contributed by atoms with E-state index in [1.54, 1.807) is 0 Å². The first kappa shape index (κ1) is 9.00. The van der Waals surface area contributed by atoms with Gasteiger partial charge in [-0.05, 0) is 24.7 Å². The summed E-state index contributed by atoms with van der Waals surface area (Å²) in [6, 6.07) is 0. The molecule has 3 heteroatoms. The van der Waals surface area contributed by atoms with E-state index < -0.39 is 0 Å². The third kappa shape index (κ3) is 1.57. The molecule has 0 heterocycles. The summed E-state index contributed by atoms with van der Waals surface area (Å²) < 4.78 is 0. The smallest absolute Gasteiger partial charge is 0.224 e. The van der Waals surface area contributed by atoms with Crippen LogP contribution in [-0.2, 0) is 4.79 Å². The number of aliphatic hydroxyl groups excluding tert-OH is 1. The maximum atomic E-state index is 11.6. The van der Waals surface area contributed by atoms with Crippen LogP contribution in [0.5, 0.6) is 0 Å². The van der Waals surface area contributed by atoms with Crippen LogP contribution < -0.4 is 5.32 Å². The maximum Gasteiger partial charge on any atom is 0.224 e. The minimum absolute atomic E-state index is 0.0892. The molecule has 2 fully saturated rings. The number of rotatable bonds is 3. The number of amides is 1. The molecule has 74 valence electrons. The number of carbonyl (C=O) groups is 1. The molecule has 2 aliphatic rings. The van der Waals surface area contributed by atoms with Crippen LogP contribution in [0.15, 0.2) is 0 Å². The van der Waals surface area contributed by atoms with Crippen molar-refractivity contribution in [1.82, 2.24) is 5.32 Å². The molecule has 1 atom stereocenters. The minimum Gasteiger partial charge on any atom is -0.394 e. The second-order valence-electron chi connectivity index (χ2n) is 5.17. The van der Waals surface area contributed by atoms with Crippen LogP contribution in [0.3, 0.4) is 0 Å². The highest BCUT2D eigenvalue weighted by Gasteiger charge is 2.53. The standard InChI is InChI=1S/C10H17NO2/c1-9(2)5-7(9)8(13)11-10(6-12)3-4-10/h7,12H,3-6H2,1-2H3,(H,11,13). The van der Waals surface area contributed by atoms with Crippen molar-refractivity contribution in [3.8, 4) is 0 Å². The molecule has 1 unspecified atom stereocenters. The molecule has 13 heavy (non-hydrogen) atoms. The predicted octanol–water partition coefficient (Wildman–Crippen LogP) is 0.674. The summed E-state index contributed by atoms with van der Waals surface area (Å²) in [6.45, 7) is 4.30. The highest BCUT2D eigenvalue weighted by Crippen LogP contribution is 2.52. The van der Waals surface area contributed by atoms with Crippen LogP contribution >= 0.6 is 0 Å². The highest BCUT2D eigenvalue weighted by atomic mass is 16.3. The lowest BCUT2D eigenvalue weighted by Crippen LogP contribution is -2.41. The summed E-state index contributed by atoms with van der Waals surface area (Å²) in [6.07, 6.45) is 2.85. The maximum absolute atomic E-state index is 11.6. The Kier molecular flexibility index (Phi) is 1.71. The van der Waals surface area contributed by atoms with Crippen LogP contribution in [-0.4, -0.2) is 23.2 Å². The molecule has 0 bridgehead atoms. The van der Waals surface area contributed by atoms with Crippen molar-refractivity contribution in [2.45, 2.75) is 38.6 Å². The quantitative estimate of drug-likeness (QED) is 0.675. The van der Waals surface area contributed by atoms with Gasteiger partial charge in [0.2, 0.25) is 5.91 Å². The van der Waals surface area contributed by atoms with Crippen molar-refractivity contribution >= 4 is 5.91 Å². The molecule has 0 radical (unpaired) electrons. The fraction of sp³-hybridized carbons (Fsp3) is 0.900. The van der Waals surface area contributed by atoms with Crippen molar-refractivity contribution in [2.24, 2.45) is 11.3 Å². The Labute approximate surface area is 78.5 Å². The Balaban J connectivity index is 1.87. The molecule has 0 saturated heterocycles. The van der Waals surface area contributed by atoms with Crippen molar-refractivity contribution in [3.63, 3.8) is 0 Å². The summed E-state index contributed by atoms with van der Waals surface area (Å²) in [5, 5.41) is 12.0. The van der Waals surface area contributed by atoms with E-state index in [2.05, 4.69) is 19.2 Å². The molecular formula is C10H17NO2. The number of nitrogens with one attached hydrogen (secondary N) is 1. The third-order valence-corrected chi connectivity index (χ3v) is 3.37. The first-order valence-corrected chi connectivity index (χ1v) is 4.92. The molecule has 0 aliphatic heterocycles. The van der Waals surface area contributed by atoms with Gasteiger partial charge in [0.25, 0.3) is 0 Å². The average molecular weight is 183 g/mol. The number of hydrogen-bond acceptors (Lipinski definition) is 2. The van der Waals surface area contributed by atoms with E-state index in [9.17, 15) is 4.79 Å². The van der Waals surface area contributed by atoms with Gasteiger partial charge in [-0.2, -0.15) is 0 Å². The Morgan fingerprint density at radius 1 is 1.54 bits per heavy atom. The van der Waals surface area contributed by atoms with Gasteiger partial charge < -0.3 is 10.4 Å². The van der Waals surface area contributed by atoms with Gasteiger partial charge in [-0.15, -0.1) is 0 Å². The molecule has 3 nitrogen and oxygen atoms in total. The lowest BCUT2D eigenvalue weighted by atomic mass is 10.1. The van der Waals surface area contributed by atoms with E-state index >= 15 is 0 Å². The molecule has 0 aromatic carbocycles. The van der Waals surface area contributed by atoms with Crippen molar-refractivity contribution in [3.05, 3.63) is 0 Å². The lowest BCUT2D eigenvalue weighted by molar-refractivity contribution is -0.124. The molecule has 2 rings (SSSR count). The first-order valence-electron chi connectivity index (χ1n) is 4.92. The van der Waals surface area contributed by atoms with Crippen molar-refractivity contribution in [2.75, 3.05) is 6.61 Å². The minimum atomic E-state index is -0.240. The van der Waals surface area contributed by atoms with Crippen LogP contribution in [0.25, 0.3) is 0 Å².